The normalized spacial score (nSPS) is 10.7. The van der Waals surface area contributed by atoms with Crippen molar-refractivity contribution < 1.29 is 4.79 Å². The van der Waals surface area contributed by atoms with Crippen molar-refractivity contribution in [3.63, 3.8) is 0 Å². The van der Waals surface area contributed by atoms with Gasteiger partial charge in [-0.3, -0.25) is 14.8 Å². The Morgan fingerprint density at radius 2 is 1.96 bits per heavy atom. The van der Waals surface area contributed by atoms with Gasteiger partial charge in [-0.1, -0.05) is 0 Å². The molecule has 0 aliphatic heterocycles. The largest absolute Gasteiger partial charge is 0.356 e. The van der Waals surface area contributed by atoms with Gasteiger partial charge in [0.25, 0.3) is 5.91 Å². The van der Waals surface area contributed by atoms with Crippen LogP contribution in [0.4, 0.5) is 0 Å². The van der Waals surface area contributed by atoms with Gasteiger partial charge in [0.2, 0.25) is 0 Å². The molecule has 25 heavy (non-hydrogen) atoms. The highest BCUT2D eigenvalue weighted by molar-refractivity contribution is 14.0. The Morgan fingerprint density at radius 3 is 2.60 bits per heavy atom. The van der Waals surface area contributed by atoms with Crippen LogP contribution in [0.3, 0.4) is 0 Å². The second-order valence-electron chi connectivity index (χ2n) is 5.04. The SMILES string of the molecule is CN=C(NCCNC(=O)c1cccnc1)NCCc1ncc(C)s1.I. The van der Waals surface area contributed by atoms with Crippen LogP contribution in [0.25, 0.3) is 0 Å². The van der Waals surface area contributed by atoms with Gasteiger partial charge >= 0.3 is 0 Å². The predicted molar refractivity (Wildman–Crippen MR) is 112 cm³/mol. The summed E-state index contributed by atoms with van der Waals surface area (Å²) in [6, 6.07) is 3.47. The van der Waals surface area contributed by atoms with E-state index in [0.717, 1.165) is 18.0 Å². The smallest absolute Gasteiger partial charge is 0.252 e. The maximum atomic E-state index is 11.9. The third-order valence-corrected chi connectivity index (χ3v) is 4.12. The summed E-state index contributed by atoms with van der Waals surface area (Å²) < 4.78 is 0. The lowest BCUT2D eigenvalue weighted by atomic mass is 10.3. The first-order valence-corrected chi connectivity index (χ1v) is 8.54. The van der Waals surface area contributed by atoms with Gasteiger partial charge in [-0.2, -0.15) is 0 Å². The van der Waals surface area contributed by atoms with Crippen LogP contribution < -0.4 is 16.0 Å². The number of hydrogen-bond acceptors (Lipinski definition) is 5. The highest BCUT2D eigenvalue weighted by atomic mass is 127. The lowest BCUT2D eigenvalue weighted by Crippen LogP contribution is -2.42. The van der Waals surface area contributed by atoms with Crippen molar-refractivity contribution in [3.05, 3.63) is 46.2 Å². The first kappa shape index (κ1) is 21.3. The van der Waals surface area contributed by atoms with Gasteiger partial charge in [0, 0.05) is 56.6 Å². The molecule has 2 heterocycles. The van der Waals surface area contributed by atoms with E-state index in [4.69, 9.17) is 0 Å². The van der Waals surface area contributed by atoms with Crippen LogP contribution >= 0.6 is 35.3 Å². The maximum Gasteiger partial charge on any atom is 0.252 e. The molecule has 0 saturated carbocycles. The van der Waals surface area contributed by atoms with Gasteiger partial charge in [0.15, 0.2) is 5.96 Å². The number of aryl methyl sites for hydroxylation is 1. The molecule has 9 heteroatoms. The molecule has 0 aliphatic rings. The molecule has 0 fully saturated rings. The summed E-state index contributed by atoms with van der Waals surface area (Å²) in [7, 11) is 1.72. The number of guanidine groups is 1. The number of thiazole rings is 1. The predicted octanol–water partition coefficient (Wildman–Crippen LogP) is 1.60. The summed E-state index contributed by atoms with van der Waals surface area (Å²) in [6.45, 7) is 3.89. The van der Waals surface area contributed by atoms with Crippen LogP contribution in [0.1, 0.15) is 20.2 Å². The van der Waals surface area contributed by atoms with Crippen LogP contribution in [0.15, 0.2) is 35.7 Å². The molecule has 2 aromatic heterocycles. The number of pyridine rings is 1. The fourth-order valence-electron chi connectivity index (χ4n) is 1.98. The number of amides is 1. The fraction of sp³-hybridized carbons (Fsp3) is 0.375. The zero-order valence-corrected chi connectivity index (χ0v) is 17.4. The topological polar surface area (TPSA) is 91.3 Å². The quantitative estimate of drug-likeness (QED) is 0.246. The number of rotatable bonds is 7. The number of halogens is 1. The molecule has 7 nitrogen and oxygen atoms in total. The van der Waals surface area contributed by atoms with Crippen LogP contribution in [0.2, 0.25) is 0 Å². The number of nitrogens with zero attached hydrogens (tertiary/aromatic N) is 3. The third kappa shape index (κ3) is 7.78. The molecule has 0 radical (unpaired) electrons. The monoisotopic (exact) mass is 474 g/mol. The zero-order chi connectivity index (χ0) is 17.2. The molecular weight excluding hydrogens is 451 g/mol. The van der Waals surface area contributed by atoms with Crippen molar-refractivity contribution in [1.82, 2.24) is 25.9 Å². The number of carbonyl (C=O) groups excluding carboxylic acids is 1. The van der Waals surface area contributed by atoms with E-state index in [9.17, 15) is 4.79 Å². The molecule has 0 bridgehead atoms. The van der Waals surface area contributed by atoms with Crippen molar-refractivity contribution in [2.24, 2.45) is 4.99 Å². The van der Waals surface area contributed by atoms with Crippen molar-refractivity contribution in [1.29, 1.82) is 0 Å². The van der Waals surface area contributed by atoms with Crippen LogP contribution in [0.5, 0.6) is 0 Å². The molecule has 0 aliphatic carbocycles. The molecule has 2 rings (SSSR count). The summed E-state index contributed by atoms with van der Waals surface area (Å²) in [5.74, 6) is 0.575. The summed E-state index contributed by atoms with van der Waals surface area (Å²) in [5, 5.41) is 10.3. The Hall–Kier alpha value is -1.75. The third-order valence-electron chi connectivity index (χ3n) is 3.15. The minimum atomic E-state index is -0.132. The van der Waals surface area contributed by atoms with Crippen molar-refractivity contribution in [2.75, 3.05) is 26.7 Å². The molecule has 136 valence electrons. The van der Waals surface area contributed by atoms with E-state index >= 15 is 0 Å². The lowest BCUT2D eigenvalue weighted by molar-refractivity contribution is 0.0954. The Morgan fingerprint density at radius 1 is 1.20 bits per heavy atom. The first-order valence-electron chi connectivity index (χ1n) is 7.73. The van der Waals surface area contributed by atoms with E-state index in [0.29, 0.717) is 24.6 Å². The highest BCUT2D eigenvalue weighted by Gasteiger charge is 2.04. The zero-order valence-electron chi connectivity index (χ0n) is 14.3. The number of carbonyl (C=O) groups is 1. The summed E-state index contributed by atoms with van der Waals surface area (Å²) >= 11 is 1.71. The van der Waals surface area contributed by atoms with E-state index in [1.54, 1.807) is 42.9 Å². The number of hydrogen-bond donors (Lipinski definition) is 3. The van der Waals surface area contributed by atoms with Gasteiger partial charge < -0.3 is 16.0 Å². The molecule has 0 atom stereocenters. The molecule has 1 amide bonds. The Balaban J connectivity index is 0.00000312. The standard InChI is InChI=1S/C16H22N6OS.HI/c1-12-10-22-14(24-12)5-7-20-16(17-2)21-9-8-19-15(23)13-4-3-6-18-11-13;/h3-4,6,10-11H,5,7-9H2,1-2H3,(H,19,23)(H2,17,20,21);1H. The molecule has 0 saturated heterocycles. The molecule has 2 aromatic rings. The Kier molecular flexibility index (Phi) is 10.0. The van der Waals surface area contributed by atoms with E-state index < -0.39 is 0 Å². The lowest BCUT2D eigenvalue weighted by Gasteiger charge is -2.11. The van der Waals surface area contributed by atoms with Gasteiger partial charge in [-0.05, 0) is 19.1 Å². The number of aromatic nitrogens is 2. The molecule has 3 N–H and O–H groups in total. The van der Waals surface area contributed by atoms with Crippen molar-refractivity contribution in [2.45, 2.75) is 13.3 Å². The van der Waals surface area contributed by atoms with Crippen LogP contribution in [-0.2, 0) is 6.42 Å². The molecule has 0 aromatic carbocycles. The number of aliphatic imine (C=N–C) groups is 1. The summed E-state index contributed by atoms with van der Waals surface area (Å²) in [5.41, 5.74) is 0.554. The summed E-state index contributed by atoms with van der Waals surface area (Å²) in [4.78, 5) is 25.5. The van der Waals surface area contributed by atoms with E-state index in [1.807, 2.05) is 6.20 Å². The van der Waals surface area contributed by atoms with E-state index in [1.165, 1.54) is 4.88 Å². The Bertz CT molecular complexity index is 676. The van der Waals surface area contributed by atoms with Crippen LogP contribution in [-0.4, -0.2) is 48.5 Å². The van der Waals surface area contributed by atoms with Gasteiger partial charge in [-0.15, -0.1) is 35.3 Å². The van der Waals surface area contributed by atoms with E-state index in [-0.39, 0.29) is 29.9 Å². The average molecular weight is 474 g/mol. The van der Waals surface area contributed by atoms with Gasteiger partial charge in [0.05, 0.1) is 10.6 Å². The van der Waals surface area contributed by atoms with Gasteiger partial charge in [-0.25, -0.2) is 4.98 Å². The van der Waals surface area contributed by atoms with Crippen molar-refractivity contribution in [3.8, 4) is 0 Å². The highest BCUT2D eigenvalue weighted by Crippen LogP contribution is 2.10. The Labute approximate surface area is 168 Å². The van der Waals surface area contributed by atoms with Gasteiger partial charge in [0.1, 0.15) is 0 Å². The fourth-order valence-corrected chi connectivity index (χ4v) is 2.77. The second-order valence-corrected chi connectivity index (χ2v) is 6.36. The van der Waals surface area contributed by atoms with Crippen molar-refractivity contribution >= 4 is 47.2 Å². The minimum absolute atomic E-state index is 0. The molecular formula is C16H23IN6OS. The maximum absolute atomic E-state index is 11.9. The summed E-state index contributed by atoms with van der Waals surface area (Å²) in [6.07, 6.45) is 5.93. The molecule has 0 spiro atoms. The second kappa shape index (κ2) is 11.7. The number of nitrogens with one attached hydrogen (secondary N) is 3. The molecule has 0 unspecified atom stereocenters. The minimum Gasteiger partial charge on any atom is -0.356 e. The van der Waals surface area contributed by atoms with Crippen LogP contribution in [0, 0.1) is 6.92 Å². The average Bonchev–Trinajstić information content (AvgIpc) is 3.02. The first-order chi connectivity index (χ1) is 11.7. The van der Waals surface area contributed by atoms with E-state index in [2.05, 4.69) is 37.8 Å².